The highest BCUT2D eigenvalue weighted by Crippen LogP contribution is 2.41. The minimum absolute atomic E-state index is 0.0845. The van der Waals surface area contributed by atoms with E-state index in [-0.39, 0.29) is 17.9 Å². The summed E-state index contributed by atoms with van der Waals surface area (Å²) in [4.78, 5) is 31.5. The number of halogens is 1. The molecule has 158 valence electrons. The van der Waals surface area contributed by atoms with Crippen LogP contribution in [0.4, 0.5) is 4.39 Å². The van der Waals surface area contributed by atoms with Crippen LogP contribution in [0, 0.1) is 19.7 Å². The average Bonchev–Trinajstić information content (AvgIpc) is 3.14. The number of hydrogen-bond donors (Lipinski definition) is 1. The molecule has 0 saturated carbocycles. The molecule has 4 rings (SSSR count). The molecule has 0 spiro atoms. The van der Waals surface area contributed by atoms with Gasteiger partial charge in [0.1, 0.15) is 11.6 Å². The van der Waals surface area contributed by atoms with E-state index in [0.717, 1.165) is 0 Å². The molecule has 1 fully saturated rings. The summed E-state index contributed by atoms with van der Waals surface area (Å²) in [5.41, 5.74) is 2.57. The van der Waals surface area contributed by atoms with Gasteiger partial charge in [-0.15, -0.1) is 0 Å². The summed E-state index contributed by atoms with van der Waals surface area (Å²) >= 11 is 0. The second-order valence-electron chi connectivity index (χ2n) is 7.51. The number of carbonyl (C=O) groups is 2. The van der Waals surface area contributed by atoms with Crippen molar-refractivity contribution in [3.05, 3.63) is 88.3 Å². The summed E-state index contributed by atoms with van der Waals surface area (Å²) < 4.78 is 15.7. The molecule has 0 radical (unpaired) electrons. The van der Waals surface area contributed by atoms with Crippen LogP contribution in [0.25, 0.3) is 5.76 Å². The van der Waals surface area contributed by atoms with Crippen molar-refractivity contribution in [3.63, 3.8) is 0 Å². The van der Waals surface area contributed by atoms with E-state index in [0.29, 0.717) is 28.1 Å². The molecule has 1 saturated heterocycles. The summed E-state index contributed by atoms with van der Waals surface area (Å²) in [6.45, 7) is 3.56. The first kappa shape index (κ1) is 20.5. The first-order valence-corrected chi connectivity index (χ1v) is 9.73. The Bertz CT molecular complexity index is 1220. The molecular weight excluding hydrogens is 399 g/mol. The number of aliphatic hydroxyl groups excluding tert-OH is 1. The van der Waals surface area contributed by atoms with Crippen LogP contribution in [0.3, 0.4) is 0 Å². The zero-order valence-electron chi connectivity index (χ0n) is 17.3. The lowest BCUT2D eigenvalue weighted by molar-refractivity contribution is -0.140. The zero-order chi connectivity index (χ0) is 22.3. The van der Waals surface area contributed by atoms with Crippen molar-refractivity contribution in [2.45, 2.75) is 26.4 Å². The Balaban J connectivity index is 1.92. The second kappa shape index (κ2) is 7.79. The molecule has 1 atom stereocenters. The number of aryl methyl sites for hydroxylation is 2. The van der Waals surface area contributed by atoms with Crippen LogP contribution in [-0.2, 0) is 23.2 Å². The van der Waals surface area contributed by atoms with Gasteiger partial charge in [-0.25, -0.2) is 4.39 Å². The van der Waals surface area contributed by atoms with Crippen molar-refractivity contribution in [3.8, 4) is 0 Å². The number of aliphatic hydroxyl groups is 1. The molecule has 2 aromatic heterocycles. The second-order valence-corrected chi connectivity index (χ2v) is 7.51. The maximum absolute atomic E-state index is 14.1. The van der Waals surface area contributed by atoms with Crippen molar-refractivity contribution in [1.29, 1.82) is 0 Å². The molecule has 0 bridgehead atoms. The highest BCUT2D eigenvalue weighted by atomic mass is 19.1. The van der Waals surface area contributed by atoms with Crippen LogP contribution in [-0.4, -0.2) is 36.5 Å². The summed E-state index contributed by atoms with van der Waals surface area (Å²) in [6.07, 6.45) is 3.20. The number of pyridine rings is 1. The van der Waals surface area contributed by atoms with Crippen LogP contribution in [0.1, 0.15) is 34.1 Å². The molecule has 1 amide bonds. The van der Waals surface area contributed by atoms with Crippen LogP contribution >= 0.6 is 0 Å². The van der Waals surface area contributed by atoms with Gasteiger partial charge in [-0.1, -0.05) is 18.2 Å². The van der Waals surface area contributed by atoms with E-state index in [2.05, 4.69) is 10.1 Å². The summed E-state index contributed by atoms with van der Waals surface area (Å²) in [5.74, 6) is -2.40. The molecule has 8 heteroatoms. The van der Waals surface area contributed by atoms with E-state index in [4.69, 9.17) is 0 Å². The molecule has 3 heterocycles. The van der Waals surface area contributed by atoms with Gasteiger partial charge < -0.3 is 10.0 Å². The molecule has 7 nitrogen and oxygen atoms in total. The van der Waals surface area contributed by atoms with Gasteiger partial charge in [0.05, 0.1) is 22.9 Å². The predicted octanol–water partition coefficient (Wildman–Crippen LogP) is 3.19. The van der Waals surface area contributed by atoms with Crippen molar-refractivity contribution < 1.29 is 19.1 Å². The van der Waals surface area contributed by atoms with E-state index in [1.165, 1.54) is 23.1 Å². The monoisotopic (exact) mass is 420 g/mol. The van der Waals surface area contributed by atoms with Crippen molar-refractivity contribution >= 4 is 17.4 Å². The number of aromatic nitrogens is 3. The predicted molar refractivity (Wildman–Crippen MR) is 111 cm³/mol. The van der Waals surface area contributed by atoms with Crippen molar-refractivity contribution in [2.24, 2.45) is 7.05 Å². The van der Waals surface area contributed by atoms with Gasteiger partial charge in [-0.3, -0.25) is 19.3 Å². The summed E-state index contributed by atoms with van der Waals surface area (Å²) in [6, 6.07) is 8.25. The fourth-order valence-corrected chi connectivity index (χ4v) is 4.01. The molecule has 0 aliphatic carbocycles. The Morgan fingerprint density at radius 3 is 2.58 bits per heavy atom. The minimum atomic E-state index is -0.949. The van der Waals surface area contributed by atoms with Gasteiger partial charge in [0.2, 0.25) is 0 Å². The van der Waals surface area contributed by atoms with Gasteiger partial charge >= 0.3 is 0 Å². The van der Waals surface area contributed by atoms with E-state index in [1.54, 1.807) is 56.2 Å². The van der Waals surface area contributed by atoms with Crippen LogP contribution in [0.15, 0.2) is 54.4 Å². The number of carbonyl (C=O) groups excluding carboxylic acids is 2. The number of rotatable bonds is 4. The standard InChI is InChI=1S/C23H21FN4O3/c1-13-18(14(2)27(3)26-13)21(29)19-20(16-7-4-8-17(24)10-16)28(23(31)22(19)30)12-15-6-5-9-25-11-15/h4-11,20,29H,12H2,1-3H3/b21-19+/t20-/m0/s1. The van der Waals surface area contributed by atoms with Crippen LogP contribution in [0.5, 0.6) is 0 Å². The quantitative estimate of drug-likeness (QED) is 0.398. The van der Waals surface area contributed by atoms with Gasteiger partial charge in [-0.05, 0) is 43.2 Å². The fourth-order valence-electron chi connectivity index (χ4n) is 4.01. The maximum atomic E-state index is 14.1. The number of ketones is 1. The number of hydrogen-bond acceptors (Lipinski definition) is 5. The Morgan fingerprint density at radius 1 is 1.19 bits per heavy atom. The number of nitrogens with zero attached hydrogens (tertiary/aromatic N) is 4. The largest absolute Gasteiger partial charge is 0.507 e. The molecule has 1 aliphatic heterocycles. The van der Waals surface area contributed by atoms with E-state index in [9.17, 15) is 19.1 Å². The first-order valence-electron chi connectivity index (χ1n) is 9.73. The topological polar surface area (TPSA) is 88.3 Å². The van der Waals surface area contributed by atoms with E-state index in [1.807, 2.05) is 0 Å². The molecular formula is C23H21FN4O3. The Labute approximate surface area is 178 Å². The van der Waals surface area contributed by atoms with E-state index < -0.39 is 23.5 Å². The van der Waals surface area contributed by atoms with Crippen molar-refractivity contribution in [2.75, 3.05) is 0 Å². The lowest BCUT2D eigenvalue weighted by Crippen LogP contribution is -2.29. The normalized spacial score (nSPS) is 18.1. The lowest BCUT2D eigenvalue weighted by atomic mass is 9.94. The first-order chi connectivity index (χ1) is 14.8. The third-order valence-electron chi connectivity index (χ3n) is 5.53. The van der Waals surface area contributed by atoms with Gasteiger partial charge in [0.25, 0.3) is 11.7 Å². The third kappa shape index (κ3) is 3.50. The fraction of sp³-hybridized carbons (Fsp3) is 0.217. The SMILES string of the molecule is Cc1nn(C)c(C)c1/C(O)=C1\C(=O)C(=O)N(Cc2cccnc2)[C@H]1c1cccc(F)c1. The molecule has 0 unspecified atom stereocenters. The molecule has 31 heavy (non-hydrogen) atoms. The zero-order valence-corrected chi connectivity index (χ0v) is 17.3. The average molecular weight is 420 g/mol. The molecule has 3 aromatic rings. The van der Waals surface area contributed by atoms with Gasteiger partial charge in [0.15, 0.2) is 0 Å². The summed E-state index contributed by atoms with van der Waals surface area (Å²) in [5, 5.41) is 15.5. The molecule has 1 aromatic carbocycles. The highest BCUT2D eigenvalue weighted by molar-refractivity contribution is 6.46. The van der Waals surface area contributed by atoms with E-state index >= 15 is 0 Å². The Morgan fingerprint density at radius 2 is 1.97 bits per heavy atom. The number of likely N-dealkylation sites (tertiary alicyclic amines) is 1. The van der Waals surface area contributed by atoms with Crippen LogP contribution < -0.4 is 0 Å². The molecule has 1 aliphatic rings. The number of benzene rings is 1. The van der Waals surface area contributed by atoms with Gasteiger partial charge in [-0.2, -0.15) is 5.10 Å². The molecule has 1 N–H and O–H groups in total. The maximum Gasteiger partial charge on any atom is 0.295 e. The smallest absolute Gasteiger partial charge is 0.295 e. The van der Waals surface area contributed by atoms with Crippen molar-refractivity contribution in [1.82, 2.24) is 19.7 Å². The summed E-state index contributed by atoms with van der Waals surface area (Å²) in [7, 11) is 1.73. The lowest BCUT2D eigenvalue weighted by Gasteiger charge is -2.25. The van der Waals surface area contributed by atoms with Crippen LogP contribution in [0.2, 0.25) is 0 Å². The Kier molecular flexibility index (Phi) is 5.14. The number of Topliss-reactive ketones (excluding diaryl/α,β-unsaturated/α-hetero) is 1. The third-order valence-corrected chi connectivity index (χ3v) is 5.53. The minimum Gasteiger partial charge on any atom is -0.507 e. The Hall–Kier alpha value is -3.81. The van der Waals surface area contributed by atoms with Gasteiger partial charge in [0, 0.05) is 31.7 Å². The highest BCUT2D eigenvalue weighted by Gasteiger charge is 2.46. The number of amides is 1.